The van der Waals surface area contributed by atoms with Crippen LogP contribution < -0.4 is 10.2 Å². The minimum absolute atomic E-state index is 0.153. The van der Waals surface area contributed by atoms with Gasteiger partial charge in [-0.05, 0) is 49.2 Å². The molecule has 0 saturated carbocycles. The number of benzene rings is 2. The maximum atomic E-state index is 12.1. The van der Waals surface area contributed by atoms with E-state index in [2.05, 4.69) is 10.5 Å². The van der Waals surface area contributed by atoms with Gasteiger partial charge in [0.05, 0.1) is 10.6 Å². The van der Waals surface area contributed by atoms with E-state index in [1.54, 1.807) is 25.1 Å². The zero-order chi connectivity index (χ0) is 20.0. The maximum absolute atomic E-state index is 12.1. The molecule has 27 heavy (non-hydrogen) atoms. The summed E-state index contributed by atoms with van der Waals surface area (Å²) in [5.41, 5.74) is 4.72. The zero-order valence-corrected chi connectivity index (χ0v) is 16.6. The highest BCUT2D eigenvalue weighted by Gasteiger charge is 2.16. The van der Waals surface area contributed by atoms with Crippen molar-refractivity contribution in [2.24, 2.45) is 5.10 Å². The molecular weight excluding hydrogens is 366 g/mol. The van der Waals surface area contributed by atoms with E-state index in [0.29, 0.717) is 17.0 Å². The lowest BCUT2D eigenvalue weighted by molar-refractivity contribution is -0.123. The van der Waals surface area contributed by atoms with Gasteiger partial charge < -0.3 is 4.74 Å². The second-order valence-corrected chi connectivity index (χ2v) is 8.30. The third-order valence-electron chi connectivity index (χ3n) is 3.76. The van der Waals surface area contributed by atoms with Crippen LogP contribution >= 0.6 is 0 Å². The highest BCUT2D eigenvalue weighted by molar-refractivity contribution is 7.89. The van der Waals surface area contributed by atoms with Crippen LogP contribution in [0.4, 0.5) is 0 Å². The molecule has 0 radical (unpaired) electrons. The number of rotatable bonds is 7. The SMILES string of the molecule is C/C(=N/NC(=O)COc1cccc(C)c1)c1ccc(S(=O)(=O)N(C)C)cc1. The van der Waals surface area contributed by atoms with Gasteiger partial charge in [-0.1, -0.05) is 24.3 Å². The van der Waals surface area contributed by atoms with Crippen molar-refractivity contribution >= 4 is 21.6 Å². The molecule has 2 rings (SSSR count). The van der Waals surface area contributed by atoms with Crippen LogP contribution in [0.25, 0.3) is 0 Å². The van der Waals surface area contributed by atoms with E-state index < -0.39 is 10.0 Å². The largest absolute Gasteiger partial charge is 0.484 e. The normalized spacial score (nSPS) is 12.1. The van der Waals surface area contributed by atoms with Crippen molar-refractivity contribution in [2.45, 2.75) is 18.7 Å². The zero-order valence-electron chi connectivity index (χ0n) is 15.8. The summed E-state index contributed by atoms with van der Waals surface area (Å²) in [7, 11) is -0.522. The van der Waals surface area contributed by atoms with Gasteiger partial charge in [0.1, 0.15) is 5.75 Å². The van der Waals surface area contributed by atoms with Crippen molar-refractivity contribution < 1.29 is 17.9 Å². The van der Waals surface area contributed by atoms with Crippen molar-refractivity contribution in [1.29, 1.82) is 0 Å². The molecule has 0 bridgehead atoms. The molecule has 2 aromatic carbocycles. The van der Waals surface area contributed by atoms with Gasteiger partial charge in [0, 0.05) is 14.1 Å². The molecule has 0 aliphatic carbocycles. The number of nitrogens with one attached hydrogen (secondary N) is 1. The quantitative estimate of drug-likeness (QED) is 0.581. The van der Waals surface area contributed by atoms with Gasteiger partial charge in [0.15, 0.2) is 6.61 Å². The Balaban J connectivity index is 1.95. The number of aryl methyl sites for hydroxylation is 1. The Morgan fingerprint density at radius 2 is 1.81 bits per heavy atom. The fourth-order valence-electron chi connectivity index (χ4n) is 2.18. The lowest BCUT2D eigenvalue weighted by atomic mass is 10.1. The molecule has 0 aromatic heterocycles. The summed E-state index contributed by atoms with van der Waals surface area (Å²) in [6.07, 6.45) is 0. The number of carbonyl (C=O) groups is 1. The first kappa shape index (κ1) is 20.6. The molecule has 2 aromatic rings. The Bertz CT molecular complexity index is 936. The third-order valence-corrected chi connectivity index (χ3v) is 5.59. The van der Waals surface area contributed by atoms with E-state index in [-0.39, 0.29) is 17.4 Å². The number of ether oxygens (including phenoxy) is 1. The molecule has 144 valence electrons. The van der Waals surface area contributed by atoms with E-state index in [0.717, 1.165) is 9.87 Å². The Labute approximate surface area is 159 Å². The second kappa shape index (κ2) is 8.79. The van der Waals surface area contributed by atoms with Crippen LogP contribution in [0.15, 0.2) is 58.5 Å². The van der Waals surface area contributed by atoms with E-state index >= 15 is 0 Å². The van der Waals surface area contributed by atoms with Crippen molar-refractivity contribution in [3.63, 3.8) is 0 Å². The summed E-state index contributed by atoms with van der Waals surface area (Å²) in [5.74, 6) is 0.228. The van der Waals surface area contributed by atoms with E-state index in [4.69, 9.17) is 4.74 Å². The first-order chi connectivity index (χ1) is 12.7. The Hall–Kier alpha value is -2.71. The summed E-state index contributed by atoms with van der Waals surface area (Å²) in [5, 5.41) is 4.03. The number of sulfonamides is 1. The van der Waals surface area contributed by atoms with E-state index in [1.165, 1.54) is 26.2 Å². The van der Waals surface area contributed by atoms with Crippen LogP contribution in [0.1, 0.15) is 18.1 Å². The summed E-state index contributed by atoms with van der Waals surface area (Å²) in [6, 6.07) is 13.7. The molecule has 0 heterocycles. The number of nitrogens with zero attached hydrogens (tertiary/aromatic N) is 2. The van der Waals surface area contributed by atoms with Crippen LogP contribution in [0.3, 0.4) is 0 Å². The van der Waals surface area contributed by atoms with Gasteiger partial charge in [0.2, 0.25) is 10.0 Å². The Morgan fingerprint density at radius 1 is 1.15 bits per heavy atom. The average Bonchev–Trinajstić information content (AvgIpc) is 2.64. The minimum atomic E-state index is -3.47. The van der Waals surface area contributed by atoms with Gasteiger partial charge in [-0.3, -0.25) is 4.79 Å². The molecule has 1 amide bonds. The summed E-state index contributed by atoms with van der Waals surface area (Å²) >= 11 is 0. The van der Waals surface area contributed by atoms with Crippen LogP contribution in [0.2, 0.25) is 0 Å². The topological polar surface area (TPSA) is 88.1 Å². The smallest absolute Gasteiger partial charge is 0.277 e. The van der Waals surface area contributed by atoms with Crippen molar-refractivity contribution in [3.05, 3.63) is 59.7 Å². The highest BCUT2D eigenvalue weighted by atomic mass is 32.2. The molecule has 0 aliphatic heterocycles. The number of hydrogen-bond acceptors (Lipinski definition) is 5. The lowest BCUT2D eigenvalue weighted by Crippen LogP contribution is -2.25. The predicted molar refractivity (Wildman–Crippen MR) is 104 cm³/mol. The van der Waals surface area contributed by atoms with Gasteiger partial charge in [0.25, 0.3) is 5.91 Å². The minimum Gasteiger partial charge on any atom is -0.484 e. The molecule has 7 nitrogen and oxygen atoms in total. The van der Waals surface area contributed by atoms with Crippen LogP contribution in [-0.2, 0) is 14.8 Å². The number of carbonyl (C=O) groups excluding carboxylic acids is 1. The number of amides is 1. The molecule has 0 saturated heterocycles. The number of hydrazone groups is 1. The fourth-order valence-corrected chi connectivity index (χ4v) is 3.08. The van der Waals surface area contributed by atoms with Gasteiger partial charge in [-0.15, -0.1) is 0 Å². The van der Waals surface area contributed by atoms with Crippen molar-refractivity contribution in [2.75, 3.05) is 20.7 Å². The molecule has 0 fully saturated rings. The summed E-state index contributed by atoms with van der Waals surface area (Å²) in [4.78, 5) is 12.1. The first-order valence-corrected chi connectivity index (χ1v) is 9.69. The third kappa shape index (κ3) is 5.63. The van der Waals surface area contributed by atoms with Crippen molar-refractivity contribution in [3.8, 4) is 5.75 Å². The monoisotopic (exact) mass is 389 g/mol. The van der Waals surface area contributed by atoms with Crippen LogP contribution in [0, 0.1) is 6.92 Å². The van der Waals surface area contributed by atoms with Gasteiger partial charge >= 0.3 is 0 Å². The summed E-state index contributed by atoms with van der Waals surface area (Å²) in [6.45, 7) is 3.51. The predicted octanol–water partition coefficient (Wildman–Crippen LogP) is 2.16. The summed E-state index contributed by atoms with van der Waals surface area (Å²) < 4.78 is 30.7. The van der Waals surface area contributed by atoms with Gasteiger partial charge in [-0.25, -0.2) is 18.1 Å². The maximum Gasteiger partial charge on any atom is 0.277 e. The molecule has 0 atom stereocenters. The molecule has 1 N–H and O–H groups in total. The molecular formula is C19H23N3O4S. The Kier molecular flexibility index (Phi) is 6.70. The average molecular weight is 389 g/mol. The van der Waals surface area contributed by atoms with Crippen molar-refractivity contribution in [1.82, 2.24) is 9.73 Å². The van der Waals surface area contributed by atoms with Gasteiger partial charge in [-0.2, -0.15) is 5.10 Å². The fraction of sp³-hybridized carbons (Fsp3) is 0.263. The molecule has 0 unspecified atom stereocenters. The molecule has 0 aliphatic rings. The lowest BCUT2D eigenvalue weighted by Gasteiger charge is -2.11. The molecule has 8 heteroatoms. The second-order valence-electron chi connectivity index (χ2n) is 6.15. The van der Waals surface area contributed by atoms with Crippen LogP contribution in [-0.4, -0.2) is 45.0 Å². The van der Waals surface area contributed by atoms with Crippen LogP contribution in [0.5, 0.6) is 5.75 Å². The van der Waals surface area contributed by atoms with E-state index in [9.17, 15) is 13.2 Å². The number of hydrogen-bond donors (Lipinski definition) is 1. The molecule has 0 spiro atoms. The van der Waals surface area contributed by atoms with E-state index in [1.807, 2.05) is 25.1 Å². The first-order valence-electron chi connectivity index (χ1n) is 8.25. The Morgan fingerprint density at radius 3 is 2.41 bits per heavy atom. The highest BCUT2D eigenvalue weighted by Crippen LogP contribution is 2.14. The standard InChI is InChI=1S/C19H23N3O4S/c1-14-6-5-7-17(12-14)26-13-19(23)21-20-15(2)16-8-10-18(11-9-16)27(24,25)22(3)4/h5-12H,13H2,1-4H3,(H,21,23)/b20-15-.